The van der Waals surface area contributed by atoms with Crippen molar-refractivity contribution in [3.8, 4) is 5.75 Å². The molecule has 0 aromatic heterocycles. The van der Waals surface area contributed by atoms with Crippen LogP contribution in [0.3, 0.4) is 0 Å². The third-order valence-electron chi connectivity index (χ3n) is 3.37. The molecule has 11 heteroatoms. The summed E-state index contributed by atoms with van der Waals surface area (Å²) >= 11 is 0. The molecule has 0 saturated carbocycles. The lowest BCUT2D eigenvalue weighted by atomic mass is 9.86. The first-order valence-electron chi connectivity index (χ1n) is 7.29. The number of carbonyl (C=O) groups is 4. The third-order valence-corrected chi connectivity index (χ3v) is 3.37. The van der Waals surface area contributed by atoms with Crippen LogP contribution in [0.1, 0.15) is 18.4 Å². The highest BCUT2D eigenvalue weighted by Crippen LogP contribution is 2.18. The third kappa shape index (κ3) is 5.17. The Kier molecular flexibility index (Phi) is 7.52. The Balaban J connectivity index is 3.08. The van der Waals surface area contributed by atoms with Crippen molar-refractivity contribution in [1.82, 2.24) is 5.48 Å². The van der Waals surface area contributed by atoms with Crippen molar-refractivity contribution in [2.24, 2.45) is 22.4 Å². The molecule has 1 rings (SSSR count). The van der Waals surface area contributed by atoms with Gasteiger partial charge in [0.2, 0.25) is 5.91 Å². The van der Waals surface area contributed by atoms with E-state index in [1.54, 1.807) is 0 Å². The van der Waals surface area contributed by atoms with E-state index in [9.17, 15) is 19.2 Å². The van der Waals surface area contributed by atoms with Crippen LogP contribution in [0.15, 0.2) is 29.4 Å². The van der Waals surface area contributed by atoms with Crippen LogP contribution < -0.4 is 27.5 Å². The SMILES string of the molecule is NN=Cc1ccc(OC(=O)C(N)(CC(=O)NO)C(=O)C(N)CC=O)cc1. The van der Waals surface area contributed by atoms with Crippen LogP contribution in [0, 0.1) is 0 Å². The molecule has 0 spiro atoms. The maximum atomic E-state index is 12.4. The largest absolute Gasteiger partial charge is 0.425 e. The summed E-state index contributed by atoms with van der Waals surface area (Å²) in [4.78, 5) is 46.8. The van der Waals surface area contributed by atoms with E-state index in [4.69, 9.17) is 27.3 Å². The van der Waals surface area contributed by atoms with Gasteiger partial charge >= 0.3 is 5.97 Å². The normalized spacial score (nSPS) is 14.3. The molecule has 0 radical (unpaired) electrons. The Labute approximate surface area is 148 Å². The highest BCUT2D eigenvalue weighted by Gasteiger charge is 2.47. The number of hydrogen-bond acceptors (Lipinski definition) is 10. The molecule has 0 aliphatic rings. The van der Waals surface area contributed by atoms with Crippen molar-refractivity contribution in [1.29, 1.82) is 0 Å². The first kappa shape index (κ1) is 20.9. The predicted octanol–water partition coefficient (Wildman–Crippen LogP) is -2.04. The molecule has 1 aromatic carbocycles. The number of nitrogens with one attached hydrogen (secondary N) is 1. The second-order valence-corrected chi connectivity index (χ2v) is 5.29. The van der Waals surface area contributed by atoms with Gasteiger partial charge in [0.25, 0.3) is 0 Å². The second-order valence-electron chi connectivity index (χ2n) is 5.29. The number of carbonyl (C=O) groups excluding carboxylic acids is 4. The molecule has 0 saturated heterocycles. The molecular formula is C15H19N5O6. The van der Waals surface area contributed by atoms with E-state index >= 15 is 0 Å². The van der Waals surface area contributed by atoms with Crippen LogP contribution in [-0.2, 0) is 19.2 Å². The summed E-state index contributed by atoms with van der Waals surface area (Å²) in [5.41, 5.74) is 10.7. The summed E-state index contributed by atoms with van der Waals surface area (Å²) < 4.78 is 5.04. The van der Waals surface area contributed by atoms with Crippen molar-refractivity contribution in [3.63, 3.8) is 0 Å². The van der Waals surface area contributed by atoms with Gasteiger partial charge in [-0.1, -0.05) is 0 Å². The number of hydroxylamine groups is 1. The van der Waals surface area contributed by atoms with Gasteiger partial charge in [-0.25, -0.2) is 10.3 Å². The van der Waals surface area contributed by atoms with Crippen molar-refractivity contribution in [3.05, 3.63) is 29.8 Å². The number of Topliss-reactive ketones (excluding diaryl/α,β-unsaturated/α-hetero) is 1. The topological polar surface area (TPSA) is 200 Å². The molecule has 140 valence electrons. The Morgan fingerprint density at radius 3 is 2.42 bits per heavy atom. The summed E-state index contributed by atoms with van der Waals surface area (Å²) in [5, 5.41) is 12.0. The number of rotatable bonds is 9. The van der Waals surface area contributed by atoms with Gasteiger partial charge in [0.05, 0.1) is 18.7 Å². The van der Waals surface area contributed by atoms with Gasteiger partial charge in [-0.3, -0.25) is 14.8 Å². The summed E-state index contributed by atoms with van der Waals surface area (Å²) in [6.45, 7) is 0. The van der Waals surface area contributed by atoms with Gasteiger partial charge in [-0.15, -0.1) is 0 Å². The fraction of sp³-hybridized carbons (Fsp3) is 0.267. The van der Waals surface area contributed by atoms with Gasteiger partial charge in [-0.05, 0) is 29.8 Å². The molecule has 0 aliphatic heterocycles. The molecule has 0 heterocycles. The second kappa shape index (κ2) is 9.36. The summed E-state index contributed by atoms with van der Waals surface area (Å²) in [5.74, 6) is 1.59. The van der Waals surface area contributed by atoms with Crippen LogP contribution >= 0.6 is 0 Å². The Morgan fingerprint density at radius 2 is 1.92 bits per heavy atom. The predicted molar refractivity (Wildman–Crippen MR) is 89.0 cm³/mol. The summed E-state index contributed by atoms with van der Waals surface area (Å²) in [6, 6.07) is 4.41. The number of nitrogens with two attached hydrogens (primary N) is 3. The number of hydrogen-bond donors (Lipinski definition) is 5. The van der Waals surface area contributed by atoms with E-state index in [0.29, 0.717) is 11.8 Å². The minimum atomic E-state index is -2.49. The molecule has 26 heavy (non-hydrogen) atoms. The van der Waals surface area contributed by atoms with Crippen LogP contribution in [0.4, 0.5) is 0 Å². The smallest absolute Gasteiger partial charge is 0.339 e. The van der Waals surface area contributed by atoms with Crippen molar-refractivity contribution < 1.29 is 29.1 Å². The summed E-state index contributed by atoms with van der Waals surface area (Å²) in [7, 11) is 0. The molecule has 2 unspecified atom stereocenters. The zero-order valence-electron chi connectivity index (χ0n) is 13.6. The highest BCUT2D eigenvalue weighted by molar-refractivity contribution is 6.13. The number of benzene rings is 1. The average molecular weight is 365 g/mol. The average Bonchev–Trinajstić information content (AvgIpc) is 2.62. The van der Waals surface area contributed by atoms with Crippen molar-refractivity contribution in [2.75, 3.05) is 0 Å². The van der Waals surface area contributed by atoms with Crippen LogP contribution in [0.25, 0.3) is 0 Å². The standard InChI is InChI=1S/C15H19N5O6/c16-11(5-6-21)13(23)15(17,7-12(22)20-25)14(24)26-10-3-1-9(2-4-10)8-19-18/h1-4,6,8,11,25H,5,7,16-18H2,(H,20,22). The van der Waals surface area contributed by atoms with Crippen molar-refractivity contribution in [2.45, 2.75) is 24.4 Å². The molecule has 0 fully saturated rings. The number of nitrogens with zero attached hydrogens (tertiary/aromatic N) is 1. The van der Waals surface area contributed by atoms with E-state index in [2.05, 4.69) is 5.10 Å². The van der Waals surface area contributed by atoms with Gasteiger partial charge < -0.3 is 26.8 Å². The van der Waals surface area contributed by atoms with Crippen LogP contribution in [-0.4, -0.2) is 46.9 Å². The maximum absolute atomic E-state index is 12.4. The zero-order valence-corrected chi connectivity index (χ0v) is 13.6. The van der Waals surface area contributed by atoms with E-state index < -0.39 is 42.1 Å². The lowest BCUT2D eigenvalue weighted by Crippen LogP contribution is -2.63. The van der Waals surface area contributed by atoms with Gasteiger partial charge in [0.15, 0.2) is 11.3 Å². The Bertz CT molecular complexity index is 705. The minimum Gasteiger partial charge on any atom is -0.425 e. The maximum Gasteiger partial charge on any atom is 0.339 e. The molecule has 0 aliphatic carbocycles. The van der Waals surface area contributed by atoms with E-state index in [1.165, 1.54) is 36.0 Å². The fourth-order valence-corrected chi connectivity index (χ4v) is 2.00. The van der Waals surface area contributed by atoms with Crippen LogP contribution in [0.5, 0.6) is 5.75 Å². The molecule has 2 atom stereocenters. The monoisotopic (exact) mass is 365 g/mol. The van der Waals surface area contributed by atoms with Gasteiger partial charge in [-0.2, -0.15) is 5.10 Å². The Morgan fingerprint density at radius 1 is 1.31 bits per heavy atom. The number of ether oxygens (including phenoxy) is 1. The molecule has 8 N–H and O–H groups in total. The number of hydrazone groups is 1. The van der Waals surface area contributed by atoms with E-state index in [1.807, 2.05) is 0 Å². The zero-order chi connectivity index (χ0) is 19.7. The van der Waals surface area contributed by atoms with E-state index in [0.717, 1.165) is 0 Å². The molecular weight excluding hydrogens is 346 g/mol. The lowest BCUT2D eigenvalue weighted by Gasteiger charge is -2.26. The quantitative estimate of drug-likeness (QED) is 0.0478. The minimum absolute atomic E-state index is 0.0279. The Hall–Kier alpha value is -3.15. The lowest BCUT2D eigenvalue weighted by molar-refractivity contribution is -0.150. The number of ketones is 1. The van der Waals surface area contributed by atoms with E-state index in [-0.39, 0.29) is 5.75 Å². The number of aldehydes is 1. The first-order valence-corrected chi connectivity index (χ1v) is 7.29. The van der Waals surface area contributed by atoms with Crippen LogP contribution in [0.2, 0.25) is 0 Å². The van der Waals surface area contributed by atoms with Gasteiger partial charge in [0.1, 0.15) is 12.0 Å². The molecule has 11 nitrogen and oxygen atoms in total. The fourth-order valence-electron chi connectivity index (χ4n) is 2.00. The molecule has 0 bridgehead atoms. The first-order chi connectivity index (χ1) is 12.3. The number of amides is 1. The number of esters is 1. The van der Waals surface area contributed by atoms with Crippen molar-refractivity contribution >= 4 is 30.2 Å². The highest BCUT2D eigenvalue weighted by atomic mass is 16.5. The molecule has 1 amide bonds. The summed E-state index contributed by atoms with van der Waals surface area (Å²) in [6.07, 6.45) is 0.398. The van der Waals surface area contributed by atoms with Gasteiger partial charge in [0, 0.05) is 6.42 Å². The molecule has 1 aromatic rings.